The van der Waals surface area contributed by atoms with Crippen LogP contribution in [-0.4, -0.2) is 29.1 Å². The largest absolute Gasteiger partial charge is 0.435 e. The molecule has 0 aromatic heterocycles. The van der Waals surface area contributed by atoms with Gasteiger partial charge >= 0.3 is 6.61 Å². The molecule has 1 aliphatic heterocycles. The smallest absolute Gasteiger partial charge is 0.387 e. The SMILES string of the molecule is CCCCN1C2=C(CCCC2)[N+](CCCC)(Cc2ccc(OC(F)F)cc2)C1c1ccccc1. The van der Waals surface area contributed by atoms with Crippen molar-refractivity contribution >= 4 is 0 Å². The monoisotopic (exact) mass is 469 g/mol. The molecule has 1 heterocycles. The Bertz CT molecular complexity index is 944. The van der Waals surface area contributed by atoms with Crippen molar-refractivity contribution in [3.8, 4) is 5.75 Å². The number of alkyl halides is 2. The van der Waals surface area contributed by atoms with Crippen LogP contribution in [0.5, 0.6) is 5.75 Å². The molecule has 2 atom stereocenters. The van der Waals surface area contributed by atoms with E-state index in [0.717, 1.165) is 49.8 Å². The van der Waals surface area contributed by atoms with Crippen LogP contribution in [0, 0.1) is 0 Å². The van der Waals surface area contributed by atoms with E-state index in [4.69, 9.17) is 0 Å². The van der Waals surface area contributed by atoms with Crippen LogP contribution in [0.25, 0.3) is 0 Å². The summed E-state index contributed by atoms with van der Waals surface area (Å²) >= 11 is 0. The Morgan fingerprint density at radius 1 is 0.941 bits per heavy atom. The highest BCUT2D eigenvalue weighted by Crippen LogP contribution is 2.52. The van der Waals surface area contributed by atoms with E-state index >= 15 is 0 Å². The molecule has 0 bridgehead atoms. The molecule has 2 unspecified atom stereocenters. The first-order valence-electron chi connectivity index (χ1n) is 13.0. The fourth-order valence-electron chi connectivity index (χ4n) is 5.96. The molecule has 3 nitrogen and oxygen atoms in total. The van der Waals surface area contributed by atoms with Gasteiger partial charge in [-0.05, 0) is 56.4 Å². The minimum atomic E-state index is -2.79. The highest BCUT2D eigenvalue weighted by Gasteiger charge is 2.53. The second-order valence-electron chi connectivity index (χ2n) is 9.72. The van der Waals surface area contributed by atoms with E-state index in [-0.39, 0.29) is 11.9 Å². The van der Waals surface area contributed by atoms with E-state index in [0.29, 0.717) is 0 Å². The summed E-state index contributed by atoms with van der Waals surface area (Å²) in [7, 11) is 0. The third-order valence-electron chi connectivity index (χ3n) is 7.43. The summed E-state index contributed by atoms with van der Waals surface area (Å²) in [5.74, 6) is 0.224. The maximum absolute atomic E-state index is 12.7. The fourth-order valence-corrected chi connectivity index (χ4v) is 5.96. The van der Waals surface area contributed by atoms with Crippen LogP contribution in [0.15, 0.2) is 66.0 Å². The van der Waals surface area contributed by atoms with Crippen molar-refractivity contribution in [1.82, 2.24) is 4.90 Å². The van der Waals surface area contributed by atoms with Crippen molar-refractivity contribution in [2.24, 2.45) is 0 Å². The average molecular weight is 470 g/mol. The Balaban J connectivity index is 1.79. The molecule has 2 aliphatic rings. The Morgan fingerprint density at radius 2 is 1.65 bits per heavy atom. The Labute approximate surface area is 203 Å². The highest BCUT2D eigenvalue weighted by molar-refractivity contribution is 5.29. The van der Waals surface area contributed by atoms with Gasteiger partial charge in [-0.1, -0.05) is 57.0 Å². The zero-order valence-corrected chi connectivity index (χ0v) is 20.7. The van der Waals surface area contributed by atoms with E-state index < -0.39 is 6.61 Å². The van der Waals surface area contributed by atoms with Gasteiger partial charge in [0.15, 0.2) is 6.17 Å². The zero-order valence-electron chi connectivity index (χ0n) is 20.7. The minimum Gasteiger partial charge on any atom is -0.435 e. The van der Waals surface area contributed by atoms with Crippen LogP contribution in [0.3, 0.4) is 0 Å². The third kappa shape index (κ3) is 5.14. The number of allylic oxidation sites excluding steroid dienone is 2. The molecule has 184 valence electrons. The Kier molecular flexibility index (Phi) is 8.25. The van der Waals surface area contributed by atoms with E-state index in [9.17, 15) is 8.78 Å². The molecule has 1 aliphatic carbocycles. The van der Waals surface area contributed by atoms with Crippen LogP contribution < -0.4 is 4.74 Å². The third-order valence-corrected chi connectivity index (χ3v) is 7.43. The number of hydrogen-bond donors (Lipinski definition) is 0. The predicted molar refractivity (Wildman–Crippen MR) is 133 cm³/mol. The van der Waals surface area contributed by atoms with Crippen molar-refractivity contribution in [3.05, 3.63) is 77.1 Å². The van der Waals surface area contributed by atoms with Gasteiger partial charge in [-0.2, -0.15) is 8.78 Å². The van der Waals surface area contributed by atoms with Gasteiger partial charge in [-0.3, -0.25) is 4.48 Å². The summed E-state index contributed by atoms with van der Waals surface area (Å²) in [5, 5.41) is 0. The second kappa shape index (κ2) is 11.4. The standard InChI is InChI=1S/C29H39F2N2O/c1-3-5-20-32-26-14-10-11-15-27(26)33(21-6-4-2,28(32)24-12-8-7-9-13-24)22-23-16-18-25(19-17-23)34-29(30)31/h7-9,12-13,16-19,28-29H,3-6,10-11,14-15,20-22H2,1-2H3/q+1. The van der Waals surface area contributed by atoms with Crippen LogP contribution in [0.4, 0.5) is 8.78 Å². The molecule has 0 amide bonds. The lowest BCUT2D eigenvalue weighted by atomic mass is 9.98. The topological polar surface area (TPSA) is 12.5 Å². The lowest BCUT2D eigenvalue weighted by molar-refractivity contribution is -0.939. The quantitative estimate of drug-likeness (QED) is 0.309. The number of quaternary nitrogens is 1. The summed E-state index contributed by atoms with van der Waals surface area (Å²) in [6.45, 7) is 4.79. The van der Waals surface area contributed by atoms with Gasteiger partial charge in [-0.25, -0.2) is 0 Å². The van der Waals surface area contributed by atoms with Crippen LogP contribution in [-0.2, 0) is 6.54 Å². The highest BCUT2D eigenvalue weighted by atomic mass is 19.3. The van der Waals surface area contributed by atoms with E-state index in [1.54, 1.807) is 23.5 Å². The van der Waals surface area contributed by atoms with Crippen LogP contribution in [0.2, 0.25) is 0 Å². The Hall–Kier alpha value is -2.40. The molecule has 2 aromatic carbocycles. The second-order valence-corrected chi connectivity index (χ2v) is 9.72. The van der Waals surface area contributed by atoms with Crippen molar-refractivity contribution in [3.63, 3.8) is 0 Å². The van der Waals surface area contributed by atoms with Gasteiger partial charge in [0.05, 0.1) is 12.2 Å². The Morgan fingerprint density at radius 3 is 2.32 bits per heavy atom. The number of ether oxygens (including phenoxy) is 1. The minimum absolute atomic E-state index is 0.224. The molecule has 0 fully saturated rings. The average Bonchev–Trinajstić information content (AvgIpc) is 3.12. The zero-order chi connectivity index (χ0) is 24.0. The van der Waals surface area contributed by atoms with Gasteiger partial charge in [0.25, 0.3) is 0 Å². The number of unbranched alkanes of at least 4 members (excludes halogenated alkanes) is 2. The van der Waals surface area contributed by atoms with Gasteiger partial charge in [0, 0.05) is 24.1 Å². The molecule has 0 spiro atoms. The molecular formula is C29H39F2N2O+. The van der Waals surface area contributed by atoms with Crippen LogP contribution in [0.1, 0.15) is 82.5 Å². The molecule has 0 radical (unpaired) electrons. The normalized spacial score (nSPS) is 22.4. The summed E-state index contributed by atoms with van der Waals surface area (Å²) < 4.78 is 30.9. The molecule has 0 saturated heterocycles. The molecular weight excluding hydrogens is 430 g/mol. The van der Waals surface area contributed by atoms with Crippen LogP contribution >= 0.6 is 0 Å². The van der Waals surface area contributed by atoms with Gasteiger partial charge in [0.2, 0.25) is 0 Å². The number of hydrogen-bond acceptors (Lipinski definition) is 2. The lowest BCUT2D eigenvalue weighted by Gasteiger charge is -2.44. The van der Waals surface area contributed by atoms with E-state index in [2.05, 4.69) is 53.8 Å². The van der Waals surface area contributed by atoms with Crippen molar-refractivity contribution in [2.45, 2.75) is 84.5 Å². The lowest BCUT2D eigenvalue weighted by Crippen LogP contribution is -2.50. The first-order valence-corrected chi connectivity index (χ1v) is 13.0. The van der Waals surface area contributed by atoms with Crippen molar-refractivity contribution < 1.29 is 18.0 Å². The predicted octanol–water partition coefficient (Wildman–Crippen LogP) is 8.01. The number of rotatable bonds is 11. The van der Waals surface area contributed by atoms with E-state index in [1.807, 2.05) is 12.1 Å². The van der Waals surface area contributed by atoms with Gasteiger partial charge < -0.3 is 9.64 Å². The van der Waals surface area contributed by atoms with E-state index in [1.165, 1.54) is 36.8 Å². The molecule has 0 saturated carbocycles. The van der Waals surface area contributed by atoms with Gasteiger partial charge in [-0.15, -0.1) is 0 Å². The first-order chi connectivity index (χ1) is 16.6. The number of halogens is 2. The molecule has 34 heavy (non-hydrogen) atoms. The molecule has 4 rings (SSSR count). The summed E-state index contributed by atoms with van der Waals surface area (Å²) in [6.07, 6.45) is 9.77. The number of nitrogens with zero attached hydrogens (tertiary/aromatic N) is 2. The fraction of sp³-hybridized carbons (Fsp3) is 0.517. The summed E-state index contributed by atoms with van der Waals surface area (Å²) in [4.78, 5) is 2.73. The molecule has 0 N–H and O–H groups in total. The summed E-state index contributed by atoms with van der Waals surface area (Å²) in [5.41, 5.74) is 5.73. The van der Waals surface area contributed by atoms with Gasteiger partial charge in [0.1, 0.15) is 18.0 Å². The van der Waals surface area contributed by atoms with Crippen molar-refractivity contribution in [1.29, 1.82) is 0 Å². The maximum atomic E-state index is 12.7. The molecule has 2 aromatic rings. The van der Waals surface area contributed by atoms with Crippen molar-refractivity contribution in [2.75, 3.05) is 13.1 Å². The first kappa shape index (κ1) is 24.7. The number of benzene rings is 2. The maximum Gasteiger partial charge on any atom is 0.387 e. The summed E-state index contributed by atoms with van der Waals surface area (Å²) in [6, 6.07) is 18.3. The molecule has 5 heteroatoms.